The van der Waals surface area contributed by atoms with E-state index in [0.717, 1.165) is 0 Å². The van der Waals surface area contributed by atoms with Crippen molar-refractivity contribution in [1.29, 1.82) is 0 Å². The molecule has 0 amide bonds. The van der Waals surface area contributed by atoms with Crippen molar-refractivity contribution in [2.24, 2.45) is 0 Å². The van der Waals surface area contributed by atoms with Gasteiger partial charge in [0.05, 0.1) is 19.3 Å². The van der Waals surface area contributed by atoms with Gasteiger partial charge in [-0.25, -0.2) is 0 Å². The standard InChI is InChI=1S/C13H19NO3/c1-15-13(16-2)7-14-12-9-17-8-10-5-3-4-6-11(10)12/h3-6,12-14H,7-9H2,1-2H3. The van der Waals surface area contributed by atoms with Gasteiger partial charge in [-0.1, -0.05) is 24.3 Å². The SMILES string of the molecule is COC(CNC1COCc2ccccc21)OC. The number of nitrogens with one attached hydrogen (secondary N) is 1. The number of ether oxygens (including phenoxy) is 3. The summed E-state index contributed by atoms with van der Waals surface area (Å²) in [5.41, 5.74) is 2.56. The molecule has 1 aromatic carbocycles. The molecule has 0 bridgehead atoms. The lowest BCUT2D eigenvalue weighted by Gasteiger charge is -2.27. The fourth-order valence-electron chi connectivity index (χ4n) is 2.05. The van der Waals surface area contributed by atoms with Crippen LogP contribution < -0.4 is 5.32 Å². The molecule has 4 nitrogen and oxygen atoms in total. The van der Waals surface area contributed by atoms with E-state index in [0.29, 0.717) is 19.8 Å². The smallest absolute Gasteiger partial charge is 0.169 e. The maximum atomic E-state index is 5.56. The van der Waals surface area contributed by atoms with E-state index >= 15 is 0 Å². The van der Waals surface area contributed by atoms with Gasteiger partial charge >= 0.3 is 0 Å². The minimum absolute atomic E-state index is 0.216. The van der Waals surface area contributed by atoms with E-state index < -0.39 is 0 Å². The van der Waals surface area contributed by atoms with Gasteiger partial charge in [0.1, 0.15) is 0 Å². The Balaban J connectivity index is 1.99. The second-order valence-electron chi connectivity index (χ2n) is 4.08. The van der Waals surface area contributed by atoms with E-state index in [4.69, 9.17) is 14.2 Å². The van der Waals surface area contributed by atoms with Gasteiger partial charge in [-0.05, 0) is 11.1 Å². The minimum Gasteiger partial charge on any atom is -0.375 e. The van der Waals surface area contributed by atoms with Crippen LogP contribution in [-0.4, -0.2) is 33.7 Å². The van der Waals surface area contributed by atoms with Crippen LogP contribution in [0.15, 0.2) is 24.3 Å². The summed E-state index contributed by atoms with van der Waals surface area (Å²) in [5.74, 6) is 0. The van der Waals surface area contributed by atoms with Crippen LogP contribution in [0, 0.1) is 0 Å². The summed E-state index contributed by atoms with van der Waals surface area (Å²) in [4.78, 5) is 0. The molecule has 1 unspecified atom stereocenters. The zero-order valence-electron chi connectivity index (χ0n) is 10.3. The van der Waals surface area contributed by atoms with Gasteiger partial charge in [-0.2, -0.15) is 0 Å². The maximum absolute atomic E-state index is 5.56. The first-order valence-electron chi connectivity index (χ1n) is 5.79. The normalized spacial score (nSPS) is 19.4. The van der Waals surface area contributed by atoms with Crippen molar-refractivity contribution in [3.63, 3.8) is 0 Å². The summed E-state index contributed by atoms with van der Waals surface area (Å²) in [6, 6.07) is 8.56. The van der Waals surface area contributed by atoms with Crippen molar-refractivity contribution >= 4 is 0 Å². The number of hydrogen-bond donors (Lipinski definition) is 1. The Morgan fingerprint density at radius 2 is 2.12 bits per heavy atom. The molecule has 4 heteroatoms. The van der Waals surface area contributed by atoms with E-state index in [1.54, 1.807) is 14.2 Å². The highest BCUT2D eigenvalue weighted by Gasteiger charge is 2.20. The molecule has 0 radical (unpaired) electrons. The highest BCUT2D eigenvalue weighted by molar-refractivity contribution is 5.30. The number of rotatable bonds is 5. The Kier molecular flexibility index (Phi) is 4.50. The first-order valence-corrected chi connectivity index (χ1v) is 5.79. The number of benzene rings is 1. The Hall–Kier alpha value is -0.940. The van der Waals surface area contributed by atoms with Gasteiger partial charge in [-0.15, -0.1) is 0 Å². The molecule has 1 heterocycles. The van der Waals surface area contributed by atoms with Crippen molar-refractivity contribution in [3.05, 3.63) is 35.4 Å². The second kappa shape index (κ2) is 6.12. The van der Waals surface area contributed by atoms with Crippen LogP contribution in [0.3, 0.4) is 0 Å². The number of fused-ring (bicyclic) bond motifs is 1. The van der Waals surface area contributed by atoms with E-state index in [9.17, 15) is 0 Å². The molecule has 0 aliphatic carbocycles. The minimum atomic E-state index is -0.218. The highest BCUT2D eigenvalue weighted by Crippen LogP contribution is 2.24. The fourth-order valence-corrected chi connectivity index (χ4v) is 2.05. The van der Waals surface area contributed by atoms with Gasteiger partial charge in [0, 0.05) is 20.8 Å². The molecule has 2 rings (SSSR count). The summed E-state index contributed by atoms with van der Waals surface area (Å²) in [5, 5.41) is 3.40. The lowest BCUT2D eigenvalue weighted by molar-refractivity contribution is -0.101. The predicted octanol–water partition coefficient (Wildman–Crippen LogP) is 1.47. The molecule has 1 atom stereocenters. The van der Waals surface area contributed by atoms with Crippen molar-refractivity contribution in [3.8, 4) is 0 Å². The summed E-state index contributed by atoms with van der Waals surface area (Å²) in [6.07, 6.45) is -0.218. The molecule has 17 heavy (non-hydrogen) atoms. The summed E-state index contributed by atoms with van der Waals surface area (Å²) >= 11 is 0. The van der Waals surface area contributed by atoms with E-state index in [2.05, 4.69) is 23.5 Å². The summed E-state index contributed by atoms with van der Waals surface area (Å²) in [7, 11) is 3.28. The van der Waals surface area contributed by atoms with Gasteiger partial charge in [0.25, 0.3) is 0 Å². The van der Waals surface area contributed by atoms with Crippen molar-refractivity contribution in [2.75, 3.05) is 27.4 Å². The Morgan fingerprint density at radius 3 is 2.88 bits per heavy atom. The van der Waals surface area contributed by atoms with E-state index in [-0.39, 0.29) is 12.3 Å². The van der Waals surface area contributed by atoms with Crippen molar-refractivity contribution < 1.29 is 14.2 Å². The third kappa shape index (κ3) is 3.04. The van der Waals surface area contributed by atoms with Crippen LogP contribution >= 0.6 is 0 Å². The zero-order valence-corrected chi connectivity index (χ0v) is 10.3. The molecule has 1 aromatic rings. The van der Waals surface area contributed by atoms with Crippen LogP contribution in [-0.2, 0) is 20.8 Å². The Morgan fingerprint density at radius 1 is 1.35 bits per heavy atom. The summed E-state index contributed by atoms with van der Waals surface area (Å²) < 4.78 is 15.9. The molecule has 0 aromatic heterocycles. The van der Waals surface area contributed by atoms with Crippen molar-refractivity contribution in [2.45, 2.75) is 18.9 Å². The average Bonchev–Trinajstić information content (AvgIpc) is 2.40. The lowest BCUT2D eigenvalue weighted by Crippen LogP contribution is -2.36. The third-order valence-corrected chi connectivity index (χ3v) is 3.03. The second-order valence-corrected chi connectivity index (χ2v) is 4.08. The van der Waals surface area contributed by atoms with Gasteiger partial charge < -0.3 is 19.5 Å². The lowest BCUT2D eigenvalue weighted by atomic mass is 9.99. The zero-order chi connectivity index (χ0) is 12.1. The van der Waals surface area contributed by atoms with E-state index in [1.807, 2.05) is 6.07 Å². The van der Waals surface area contributed by atoms with Gasteiger partial charge in [-0.3, -0.25) is 0 Å². The molecule has 0 spiro atoms. The topological polar surface area (TPSA) is 39.7 Å². The fraction of sp³-hybridized carbons (Fsp3) is 0.538. The largest absolute Gasteiger partial charge is 0.375 e. The Bertz CT molecular complexity index is 352. The molecular formula is C13H19NO3. The predicted molar refractivity (Wildman–Crippen MR) is 64.6 cm³/mol. The Labute approximate surface area is 102 Å². The van der Waals surface area contributed by atoms with Gasteiger partial charge in [0.15, 0.2) is 6.29 Å². The monoisotopic (exact) mass is 237 g/mol. The quantitative estimate of drug-likeness (QED) is 0.787. The molecule has 1 N–H and O–H groups in total. The molecule has 0 saturated carbocycles. The first kappa shape index (κ1) is 12.5. The van der Waals surface area contributed by atoms with Crippen LogP contribution in [0.5, 0.6) is 0 Å². The van der Waals surface area contributed by atoms with Crippen molar-refractivity contribution in [1.82, 2.24) is 5.32 Å². The molecule has 0 saturated heterocycles. The van der Waals surface area contributed by atoms with Crippen LogP contribution in [0.1, 0.15) is 17.2 Å². The average molecular weight is 237 g/mol. The number of hydrogen-bond acceptors (Lipinski definition) is 4. The first-order chi connectivity index (χ1) is 8.35. The van der Waals surface area contributed by atoms with E-state index in [1.165, 1.54) is 11.1 Å². The van der Waals surface area contributed by atoms with Crippen LogP contribution in [0.2, 0.25) is 0 Å². The van der Waals surface area contributed by atoms with Crippen LogP contribution in [0.25, 0.3) is 0 Å². The highest BCUT2D eigenvalue weighted by atomic mass is 16.7. The molecule has 1 aliphatic heterocycles. The molecule has 94 valence electrons. The van der Waals surface area contributed by atoms with Gasteiger partial charge in [0.2, 0.25) is 0 Å². The molecular weight excluding hydrogens is 218 g/mol. The maximum Gasteiger partial charge on any atom is 0.169 e. The third-order valence-electron chi connectivity index (χ3n) is 3.03. The molecule has 1 aliphatic rings. The summed E-state index contributed by atoms with van der Waals surface area (Å²) in [6.45, 7) is 2.04. The number of methoxy groups -OCH3 is 2. The molecule has 0 fully saturated rings. The van der Waals surface area contributed by atoms with Crippen LogP contribution in [0.4, 0.5) is 0 Å².